The van der Waals surface area contributed by atoms with Gasteiger partial charge in [-0.05, 0) is 36.6 Å². The van der Waals surface area contributed by atoms with Gasteiger partial charge in [-0.25, -0.2) is 4.98 Å². The predicted molar refractivity (Wildman–Crippen MR) is 93.2 cm³/mol. The van der Waals surface area contributed by atoms with Crippen LogP contribution < -0.4 is 0 Å². The van der Waals surface area contributed by atoms with Crippen LogP contribution in [-0.2, 0) is 13.0 Å². The maximum Gasteiger partial charge on any atom is 0.114 e. The topological polar surface area (TPSA) is 17.8 Å². The monoisotopic (exact) mass is 292 g/mol. The van der Waals surface area contributed by atoms with E-state index in [4.69, 9.17) is 4.98 Å². The van der Waals surface area contributed by atoms with Crippen LogP contribution in [0.1, 0.15) is 43.1 Å². The number of imidazole rings is 1. The zero-order chi connectivity index (χ0) is 15.4. The summed E-state index contributed by atoms with van der Waals surface area (Å²) in [6, 6.07) is 17.1. The van der Waals surface area contributed by atoms with Gasteiger partial charge in [-0.2, -0.15) is 0 Å². The molecular formula is C20H24N2. The van der Waals surface area contributed by atoms with Crippen LogP contribution in [0.5, 0.6) is 0 Å². The molecule has 0 amide bonds. The molecule has 2 aromatic carbocycles. The molecule has 1 heterocycles. The lowest BCUT2D eigenvalue weighted by Crippen LogP contribution is -2.05. The first-order valence-electron chi connectivity index (χ1n) is 8.28. The summed E-state index contributed by atoms with van der Waals surface area (Å²) in [6.07, 6.45) is 4.65. The first-order valence-corrected chi connectivity index (χ1v) is 8.28. The zero-order valence-electron chi connectivity index (χ0n) is 13.5. The van der Waals surface area contributed by atoms with E-state index in [0.717, 1.165) is 18.5 Å². The molecule has 0 radical (unpaired) electrons. The summed E-state index contributed by atoms with van der Waals surface area (Å²) in [5.41, 5.74) is 5.09. The molecule has 0 fully saturated rings. The number of nitrogens with zero attached hydrogens (tertiary/aromatic N) is 2. The molecule has 0 saturated heterocycles. The Kier molecular flexibility index (Phi) is 4.57. The molecule has 2 heteroatoms. The molecular weight excluding hydrogens is 268 g/mol. The number of aryl methyl sites for hydroxylation is 2. The lowest BCUT2D eigenvalue weighted by molar-refractivity contribution is 0.596. The first-order chi connectivity index (χ1) is 10.8. The Morgan fingerprint density at radius 1 is 0.955 bits per heavy atom. The van der Waals surface area contributed by atoms with Gasteiger partial charge in [0, 0.05) is 13.0 Å². The summed E-state index contributed by atoms with van der Waals surface area (Å²) in [5.74, 6) is 1.19. The average Bonchev–Trinajstić information content (AvgIpc) is 2.88. The van der Waals surface area contributed by atoms with Crippen LogP contribution in [0.15, 0.2) is 48.5 Å². The summed E-state index contributed by atoms with van der Waals surface area (Å²) in [5, 5.41) is 0. The van der Waals surface area contributed by atoms with Crippen molar-refractivity contribution in [1.82, 2.24) is 9.55 Å². The summed E-state index contributed by atoms with van der Waals surface area (Å²) in [7, 11) is 0. The molecule has 114 valence electrons. The Bertz CT molecular complexity index is 755. The fourth-order valence-corrected chi connectivity index (χ4v) is 3.01. The van der Waals surface area contributed by atoms with Gasteiger partial charge in [-0.15, -0.1) is 0 Å². The van der Waals surface area contributed by atoms with E-state index in [9.17, 15) is 0 Å². The minimum atomic E-state index is 0.910. The number of unbranched alkanes of at least 4 members (excludes halogenated alkanes) is 2. The van der Waals surface area contributed by atoms with Crippen molar-refractivity contribution < 1.29 is 0 Å². The molecule has 3 aromatic rings. The van der Waals surface area contributed by atoms with Gasteiger partial charge >= 0.3 is 0 Å². The quantitative estimate of drug-likeness (QED) is 0.576. The van der Waals surface area contributed by atoms with Crippen molar-refractivity contribution in [3.05, 3.63) is 65.5 Å². The number of aromatic nitrogens is 2. The van der Waals surface area contributed by atoms with Gasteiger partial charge in [0.15, 0.2) is 0 Å². The fourth-order valence-electron chi connectivity index (χ4n) is 3.01. The molecule has 3 rings (SSSR count). The highest BCUT2D eigenvalue weighted by Crippen LogP contribution is 2.20. The Morgan fingerprint density at radius 3 is 2.55 bits per heavy atom. The average molecular weight is 292 g/mol. The number of benzene rings is 2. The van der Waals surface area contributed by atoms with Crippen LogP contribution in [0.2, 0.25) is 0 Å². The van der Waals surface area contributed by atoms with Crippen LogP contribution in [0, 0.1) is 6.92 Å². The molecule has 0 atom stereocenters. The molecule has 22 heavy (non-hydrogen) atoms. The first kappa shape index (κ1) is 14.8. The Morgan fingerprint density at radius 2 is 1.73 bits per heavy atom. The van der Waals surface area contributed by atoms with E-state index in [0.29, 0.717) is 0 Å². The van der Waals surface area contributed by atoms with Gasteiger partial charge < -0.3 is 4.57 Å². The molecule has 0 unspecified atom stereocenters. The van der Waals surface area contributed by atoms with E-state index in [2.05, 4.69) is 66.9 Å². The zero-order valence-corrected chi connectivity index (χ0v) is 13.5. The third-order valence-electron chi connectivity index (χ3n) is 4.33. The van der Waals surface area contributed by atoms with E-state index >= 15 is 0 Å². The number of hydrogen-bond acceptors (Lipinski definition) is 1. The minimum absolute atomic E-state index is 0.910. The highest BCUT2D eigenvalue weighted by Gasteiger charge is 2.11. The van der Waals surface area contributed by atoms with Crippen molar-refractivity contribution in [3.63, 3.8) is 0 Å². The fraction of sp³-hybridized carbons (Fsp3) is 0.350. The van der Waals surface area contributed by atoms with E-state index in [1.54, 1.807) is 0 Å². The van der Waals surface area contributed by atoms with Gasteiger partial charge in [-0.3, -0.25) is 0 Å². The van der Waals surface area contributed by atoms with Gasteiger partial charge in [0.25, 0.3) is 0 Å². The van der Waals surface area contributed by atoms with Gasteiger partial charge in [0.2, 0.25) is 0 Å². The normalized spacial score (nSPS) is 11.2. The van der Waals surface area contributed by atoms with Crippen LogP contribution in [-0.4, -0.2) is 9.55 Å². The highest BCUT2D eigenvalue weighted by molar-refractivity contribution is 5.76. The third-order valence-corrected chi connectivity index (χ3v) is 4.33. The van der Waals surface area contributed by atoms with Crippen LogP contribution in [0.3, 0.4) is 0 Å². The number of hydrogen-bond donors (Lipinski definition) is 0. The Hall–Kier alpha value is -2.09. The van der Waals surface area contributed by atoms with Crippen molar-refractivity contribution in [1.29, 1.82) is 0 Å². The predicted octanol–water partition coefficient (Wildman–Crippen LogP) is 5.13. The molecule has 0 spiro atoms. The lowest BCUT2D eigenvalue weighted by Gasteiger charge is -2.10. The number of rotatable bonds is 6. The summed E-state index contributed by atoms with van der Waals surface area (Å²) in [6.45, 7) is 5.50. The maximum absolute atomic E-state index is 4.89. The third kappa shape index (κ3) is 3.06. The molecule has 0 bridgehead atoms. The minimum Gasteiger partial charge on any atom is -0.328 e. The molecule has 0 saturated carbocycles. The smallest absolute Gasteiger partial charge is 0.114 e. The number of para-hydroxylation sites is 2. The second-order valence-electron chi connectivity index (χ2n) is 5.98. The van der Waals surface area contributed by atoms with Crippen LogP contribution >= 0.6 is 0 Å². The van der Waals surface area contributed by atoms with E-state index in [1.165, 1.54) is 41.7 Å². The summed E-state index contributed by atoms with van der Waals surface area (Å²) in [4.78, 5) is 4.89. The van der Waals surface area contributed by atoms with E-state index in [-0.39, 0.29) is 0 Å². The van der Waals surface area contributed by atoms with Crippen LogP contribution in [0.25, 0.3) is 11.0 Å². The molecule has 0 N–H and O–H groups in total. The van der Waals surface area contributed by atoms with Crippen molar-refractivity contribution >= 4 is 11.0 Å². The van der Waals surface area contributed by atoms with Crippen molar-refractivity contribution in [3.8, 4) is 0 Å². The maximum atomic E-state index is 4.89. The standard InChI is InChI=1S/C20H24N2/c1-3-4-9-14-22-19-13-8-7-12-18(19)21-20(22)15-17-11-6-5-10-16(17)2/h5-8,10-13H,3-4,9,14-15H2,1-2H3. The molecule has 2 nitrogen and oxygen atoms in total. The molecule has 0 aliphatic heterocycles. The molecule has 1 aromatic heterocycles. The van der Waals surface area contributed by atoms with E-state index in [1.807, 2.05) is 0 Å². The van der Waals surface area contributed by atoms with Crippen LogP contribution in [0.4, 0.5) is 0 Å². The summed E-state index contributed by atoms with van der Waals surface area (Å²) >= 11 is 0. The Labute approximate surface area is 132 Å². The summed E-state index contributed by atoms with van der Waals surface area (Å²) < 4.78 is 2.41. The SMILES string of the molecule is CCCCCn1c(Cc2ccccc2C)nc2ccccc21. The highest BCUT2D eigenvalue weighted by atomic mass is 15.1. The molecule has 0 aliphatic carbocycles. The lowest BCUT2D eigenvalue weighted by atomic mass is 10.1. The molecule has 0 aliphatic rings. The van der Waals surface area contributed by atoms with Gasteiger partial charge in [0.05, 0.1) is 11.0 Å². The van der Waals surface area contributed by atoms with Crippen molar-refractivity contribution in [2.24, 2.45) is 0 Å². The Balaban J connectivity index is 1.97. The van der Waals surface area contributed by atoms with Crippen molar-refractivity contribution in [2.75, 3.05) is 0 Å². The van der Waals surface area contributed by atoms with Crippen molar-refractivity contribution in [2.45, 2.75) is 46.1 Å². The largest absolute Gasteiger partial charge is 0.328 e. The second-order valence-corrected chi connectivity index (χ2v) is 5.98. The van der Waals surface area contributed by atoms with E-state index < -0.39 is 0 Å². The van der Waals surface area contributed by atoms with Gasteiger partial charge in [-0.1, -0.05) is 56.2 Å². The second kappa shape index (κ2) is 6.78. The number of fused-ring (bicyclic) bond motifs is 1. The van der Waals surface area contributed by atoms with Gasteiger partial charge in [0.1, 0.15) is 5.82 Å².